The van der Waals surface area contributed by atoms with Gasteiger partial charge in [-0.05, 0) is 48.5 Å². The van der Waals surface area contributed by atoms with Gasteiger partial charge in [-0.15, -0.1) is 22.8 Å². The molecule has 0 radical (unpaired) electrons. The summed E-state index contributed by atoms with van der Waals surface area (Å²) < 4.78 is 0. The molecule has 0 spiro atoms. The molecule has 0 saturated carbocycles. The third-order valence-corrected chi connectivity index (χ3v) is 11.2. The third kappa shape index (κ3) is 11.8. The molecule has 0 fully saturated rings. The predicted octanol–water partition coefficient (Wildman–Crippen LogP) is 8.73. The summed E-state index contributed by atoms with van der Waals surface area (Å²) in [6.45, 7) is 13.4. The number of pyridine rings is 2. The molecule has 2 aliphatic rings. The van der Waals surface area contributed by atoms with Crippen LogP contribution in [0.25, 0.3) is 0 Å². The number of anilines is 8. The number of benzene rings is 4. The number of hydrogen-bond donors (Lipinski definition) is 0. The molecule has 0 unspecified atom stereocenters. The van der Waals surface area contributed by atoms with Crippen LogP contribution in [0.2, 0.25) is 0 Å². The van der Waals surface area contributed by atoms with Gasteiger partial charge in [0.15, 0.2) is 0 Å². The fourth-order valence-electron chi connectivity index (χ4n) is 7.99. The quantitative estimate of drug-likeness (QED) is 0.0866. The Hall–Kier alpha value is -6.22. The molecule has 66 heavy (non-hydrogen) atoms. The summed E-state index contributed by atoms with van der Waals surface area (Å²) in [6.07, 6.45) is 5.40. The summed E-state index contributed by atoms with van der Waals surface area (Å²) >= 11 is 0. The van der Waals surface area contributed by atoms with Crippen molar-refractivity contribution in [3.63, 3.8) is 0 Å². The van der Waals surface area contributed by atoms with Gasteiger partial charge in [0.2, 0.25) is 0 Å². The molecule has 10 rings (SSSR count). The summed E-state index contributed by atoms with van der Waals surface area (Å²) in [5.41, 5.74) is 10.6. The Morgan fingerprint density at radius 3 is 1.32 bits per heavy atom. The van der Waals surface area contributed by atoms with Gasteiger partial charge in [0.05, 0.1) is 0 Å². The number of aryl methyl sites for hydroxylation is 2. The van der Waals surface area contributed by atoms with Crippen molar-refractivity contribution in [2.75, 3.05) is 68.7 Å². The zero-order valence-corrected chi connectivity index (χ0v) is 41.4. The van der Waals surface area contributed by atoms with Gasteiger partial charge in [-0.2, -0.15) is 74.0 Å². The van der Waals surface area contributed by atoms with E-state index in [-0.39, 0.29) is 42.1 Å². The van der Waals surface area contributed by atoms with Crippen LogP contribution in [-0.2, 0) is 55.0 Å². The van der Waals surface area contributed by atoms with Crippen LogP contribution in [0, 0.1) is 39.3 Å². The second-order valence-electron chi connectivity index (χ2n) is 15.6. The van der Waals surface area contributed by atoms with Gasteiger partial charge in [-0.3, -0.25) is 0 Å². The van der Waals surface area contributed by atoms with Crippen LogP contribution in [0.15, 0.2) is 158 Å². The molecule has 0 saturated heterocycles. The standard InChI is InChI=1S/2C26H25N6.2Pt/c2*1-21-19-22(29-28-21)14-16-30(23-9-4-2-5-10-23)17-18-31-20-32(24-11-6-3-7-12-24)26-25(31)13-8-15-27-26;;/h2*2-11,13,15,19-20H,14,16-18H2,1H3;;/q2*-3;;. The Morgan fingerprint density at radius 2 is 0.939 bits per heavy atom. The van der Waals surface area contributed by atoms with Crippen molar-refractivity contribution in [2.45, 2.75) is 26.7 Å². The third-order valence-electron chi connectivity index (χ3n) is 11.2. The summed E-state index contributed by atoms with van der Waals surface area (Å²) in [5, 5.41) is 16.8. The van der Waals surface area contributed by atoms with E-state index in [4.69, 9.17) is 0 Å². The zero-order valence-electron chi connectivity index (χ0n) is 36.8. The van der Waals surface area contributed by atoms with Crippen molar-refractivity contribution in [3.8, 4) is 0 Å². The largest absolute Gasteiger partial charge is 0.579 e. The Balaban J connectivity index is 0.000000191. The first-order chi connectivity index (χ1) is 31.6. The first-order valence-electron chi connectivity index (χ1n) is 21.7. The van der Waals surface area contributed by atoms with Gasteiger partial charge < -0.3 is 49.8 Å². The molecule has 4 aromatic carbocycles. The normalized spacial score (nSPS) is 12.4. The molecule has 0 amide bonds. The van der Waals surface area contributed by atoms with E-state index in [2.05, 4.69) is 182 Å². The second-order valence-corrected chi connectivity index (χ2v) is 15.6. The van der Waals surface area contributed by atoms with Gasteiger partial charge in [0.25, 0.3) is 0 Å². The SMILES string of the molecule is Cc1cc(CCN(CCN2[CH-]N(c3[c-]cccc3)c3ncccc32)c2ccccc2)n[n-]1.Cc1cc(CCN(CCN2[CH-]N(c3[c-]cccc3)c3ncccc32)c2ccccc2)n[n-]1.[Pt].[Pt]. The molecule has 8 aromatic rings. The smallest absolute Gasteiger partial charge is 0.124 e. The topological polar surface area (TPSA) is 99.2 Å². The fraction of sp³-hybridized carbons (Fsp3) is 0.192. The molecule has 344 valence electrons. The number of hydrogen-bond acceptors (Lipinski definition) is 10. The van der Waals surface area contributed by atoms with Crippen molar-refractivity contribution >= 4 is 45.8 Å². The molecule has 0 atom stereocenters. The zero-order chi connectivity index (χ0) is 43.5. The minimum absolute atomic E-state index is 0. The van der Waals surface area contributed by atoms with Crippen LogP contribution in [0.1, 0.15) is 22.8 Å². The number of rotatable bonds is 16. The Bertz CT molecular complexity index is 2480. The van der Waals surface area contributed by atoms with E-state index in [0.29, 0.717) is 0 Å². The molecule has 4 aromatic heterocycles. The summed E-state index contributed by atoms with van der Waals surface area (Å²) in [6, 6.07) is 56.0. The number of para-hydroxylation sites is 4. The maximum Gasteiger partial charge on any atom is 0.124 e. The van der Waals surface area contributed by atoms with E-state index in [1.165, 1.54) is 11.4 Å². The molecule has 6 heterocycles. The second kappa shape index (κ2) is 23.3. The molecule has 0 aliphatic carbocycles. The molecular formula is C52H50N12Pt2-6. The minimum atomic E-state index is 0. The average molecular weight is 1230 g/mol. The fourth-order valence-corrected chi connectivity index (χ4v) is 7.99. The van der Waals surface area contributed by atoms with E-state index in [1.807, 2.05) is 74.8 Å². The summed E-state index contributed by atoms with van der Waals surface area (Å²) in [7, 11) is 0. The van der Waals surface area contributed by atoms with Crippen LogP contribution in [0.4, 0.5) is 45.8 Å². The Morgan fingerprint density at radius 1 is 0.515 bits per heavy atom. The maximum absolute atomic E-state index is 4.64. The van der Waals surface area contributed by atoms with Crippen molar-refractivity contribution in [1.82, 2.24) is 30.4 Å². The maximum atomic E-state index is 4.64. The van der Waals surface area contributed by atoms with Crippen molar-refractivity contribution in [2.24, 2.45) is 0 Å². The van der Waals surface area contributed by atoms with Crippen molar-refractivity contribution < 1.29 is 42.1 Å². The first kappa shape index (κ1) is 47.7. The van der Waals surface area contributed by atoms with Gasteiger partial charge in [0, 0.05) is 141 Å². The van der Waals surface area contributed by atoms with E-state index < -0.39 is 0 Å². The van der Waals surface area contributed by atoms with Crippen LogP contribution in [0.5, 0.6) is 0 Å². The van der Waals surface area contributed by atoms with Crippen molar-refractivity contribution in [3.05, 3.63) is 206 Å². The molecule has 0 N–H and O–H groups in total. The number of fused-ring (bicyclic) bond motifs is 2. The van der Waals surface area contributed by atoms with E-state index in [9.17, 15) is 0 Å². The molecule has 0 bridgehead atoms. The summed E-state index contributed by atoms with van der Waals surface area (Å²) in [5.74, 6) is 1.87. The molecule has 14 heteroatoms. The number of aromatic nitrogens is 6. The van der Waals surface area contributed by atoms with Gasteiger partial charge >= 0.3 is 0 Å². The van der Waals surface area contributed by atoms with E-state index >= 15 is 0 Å². The summed E-state index contributed by atoms with van der Waals surface area (Å²) in [4.78, 5) is 22.8. The first-order valence-corrected chi connectivity index (χ1v) is 21.7. The number of nitrogens with zero attached hydrogens (tertiary/aromatic N) is 12. The molecule has 12 nitrogen and oxygen atoms in total. The molecule has 2 aliphatic heterocycles. The van der Waals surface area contributed by atoms with Gasteiger partial charge in [-0.25, -0.2) is 9.97 Å². The van der Waals surface area contributed by atoms with Crippen LogP contribution >= 0.6 is 0 Å². The minimum Gasteiger partial charge on any atom is -0.579 e. The Kier molecular flexibility index (Phi) is 16.8. The van der Waals surface area contributed by atoms with Gasteiger partial charge in [0.1, 0.15) is 11.6 Å². The van der Waals surface area contributed by atoms with Gasteiger partial charge in [-0.1, -0.05) is 62.4 Å². The van der Waals surface area contributed by atoms with Crippen LogP contribution in [0.3, 0.4) is 0 Å². The van der Waals surface area contributed by atoms with Crippen LogP contribution in [-0.4, -0.2) is 59.4 Å². The van der Waals surface area contributed by atoms with Crippen LogP contribution < -0.4 is 39.6 Å². The molecular weight excluding hydrogens is 1180 g/mol. The average Bonchev–Trinajstić information content (AvgIpc) is 4.16. The predicted molar refractivity (Wildman–Crippen MR) is 256 cm³/mol. The van der Waals surface area contributed by atoms with Crippen molar-refractivity contribution in [1.29, 1.82) is 0 Å². The Labute approximate surface area is 417 Å². The monoisotopic (exact) mass is 1230 g/mol. The van der Waals surface area contributed by atoms with E-state index in [1.54, 1.807) is 0 Å². The van der Waals surface area contributed by atoms with E-state index in [0.717, 1.165) is 109 Å².